The zero-order valence-electron chi connectivity index (χ0n) is 7.12. The lowest BCUT2D eigenvalue weighted by Crippen LogP contribution is -1.99. The monoisotopic (exact) mass is 180 g/mol. The molecule has 0 bridgehead atoms. The van der Waals surface area contributed by atoms with E-state index in [0.717, 1.165) is 6.29 Å². The van der Waals surface area contributed by atoms with Gasteiger partial charge in [-0.2, -0.15) is 0 Å². The number of carbonyl (C=O) groups is 1. The van der Waals surface area contributed by atoms with Crippen LogP contribution in [0.4, 0.5) is 0 Å². The summed E-state index contributed by atoms with van der Waals surface area (Å²) in [6.45, 7) is 2.09. The van der Waals surface area contributed by atoms with Gasteiger partial charge in [-0.25, -0.2) is 0 Å². The fourth-order valence-corrected chi connectivity index (χ4v) is 2.53. The second kappa shape index (κ2) is 3.02. The Morgan fingerprint density at radius 2 is 2.33 bits per heavy atom. The molecule has 0 aliphatic heterocycles. The lowest BCUT2D eigenvalue weighted by Gasteiger charge is -2.03. The van der Waals surface area contributed by atoms with Gasteiger partial charge in [-0.3, -0.25) is 0 Å². The fourth-order valence-electron chi connectivity index (χ4n) is 1.50. The zero-order chi connectivity index (χ0) is 8.55. The molecule has 0 radical (unpaired) electrons. The van der Waals surface area contributed by atoms with Crippen molar-refractivity contribution in [2.75, 3.05) is 0 Å². The molecule has 1 saturated carbocycles. The van der Waals surface area contributed by atoms with E-state index in [1.54, 1.807) is 11.3 Å². The van der Waals surface area contributed by atoms with Gasteiger partial charge in [0.15, 0.2) is 0 Å². The summed E-state index contributed by atoms with van der Waals surface area (Å²) in [5.74, 6) is 0.851. The molecule has 1 atom stereocenters. The smallest absolute Gasteiger partial charge is 0.128 e. The quantitative estimate of drug-likeness (QED) is 0.654. The van der Waals surface area contributed by atoms with Crippen LogP contribution >= 0.6 is 11.3 Å². The molecule has 1 unspecified atom stereocenters. The van der Waals surface area contributed by atoms with E-state index in [1.165, 1.54) is 22.6 Å². The maximum Gasteiger partial charge on any atom is 0.128 e. The van der Waals surface area contributed by atoms with Crippen molar-refractivity contribution in [2.45, 2.75) is 25.7 Å². The van der Waals surface area contributed by atoms with Gasteiger partial charge in [-0.05, 0) is 37.8 Å². The Hall–Kier alpha value is -0.630. The highest BCUT2D eigenvalue weighted by atomic mass is 32.1. The maximum absolute atomic E-state index is 10.8. The molecular weight excluding hydrogens is 168 g/mol. The Kier molecular flexibility index (Phi) is 2.01. The van der Waals surface area contributed by atoms with Crippen molar-refractivity contribution in [1.29, 1.82) is 0 Å². The van der Waals surface area contributed by atoms with Crippen LogP contribution in [0.15, 0.2) is 12.1 Å². The topological polar surface area (TPSA) is 17.1 Å². The van der Waals surface area contributed by atoms with Gasteiger partial charge in [0.25, 0.3) is 0 Å². The van der Waals surface area contributed by atoms with Crippen molar-refractivity contribution < 1.29 is 4.79 Å². The number of aryl methyl sites for hydroxylation is 1. The standard InChI is InChI=1S/C10H12OS/c1-7-2-5-10(12-7)9(6-11)8-3-4-8/h2,5-6,8-9H,3-4H2,1H3. The minimum absolute atomic E-state index is 0.198. The lowest BCUT2D eigenvalue weighted by atomic mass is 10.0. The number of hydrogen-bond acceptors (Lipinski definition) is 2. The van der Waals surface area contributed by atoms with E-state index in [9.17, 15) is 4.79 Å². The van der Waals surface area contributed by atoms with E-state index in [4.69, 9.17) is 0 Å². The van der Waals surface area contributed by atoms with E-state index < -0.39 is 0 Å². The van der Waals surface area contributed by atoms with Crippen LogP contribution in [-0.4, -0.2) is 6.29 Å². The molecule has 2 heteroatoms. The third-order valence-corrected chi connectivity index (χ3v) is 3.47. The van der Waals surface area contributed by atoms with Gasteiger partial charge in [-0.1, -0.05) is 0 Å². The summed E-state index contributed by atoms with van der Waals surface area (Å²) >= 11 is 1.76. The summed E-state index contributed by atoms with van der Waals surface area (Å²) in [7, 11) is 0. The molecule has 1 aliphatic carbocycles. The van der Waals surface area contributed by atoms with E-state index >= 15 is 0 Å². The molecule has 0 spiro atoms. The van der Waals surface area contributed by atoms with E-state index in [2.05, 4.69) is 19.1 Å². The Bertz CT molecular complexity index is 286. The Labute approximate surface area is 76.4 Å². The minimum Gasteiger partial charge on any atom is -0.303 e. The third-order valence-electron chi connectivity index (χ3n) is 2.37. The SMILES string of the molecule is Cc1ccc(C(C=O)C2CC2)s1. The second-order valence-electron chi connectivity index (χ2n) is 3.45. The van der Waals surface area contributed by atoms with Crippen LogP contribution in [0, 0.1) is 12.8 Å². The highest BCUT2D eigenvalue weighted by Crippen LogP contribution is 2.43. The molecule has 1 nitrogen and oxygen atoms in total. The predicted octanol–water partition coefficient (Wildman–Crippen LogP) is 2.75. The highest BCUT2D eigenvalue weighted by Gasteiger charge is 2.32. The number of carbonyl (C=O) groups excluding carboxylic acids is 1. The number of hydrogen-bond donors (Lipinski definition) is 0. The summed E-state index contributed by atoms with van der Waals surface area (Å²) in [5, 5.41) is 0. The van der Waals surface area contributed by atoms with Crippen molar-refractivity contribution in [3.63, 3.8) is 0 Å². The zero-order valence-corrected chi connectivity index (χ0v) is 7.93. The molecule has 1 heterocycles. The first-order chi connectivity index (χ1) is 5.81. The van der Waals surface area contributed by atoms with Crippen LogP contribution < -0.4 is 0 Å². The van der Waals surface area contributed by atoms with Crippen molar-refractivity contribution >= 4 is 17.6 Å². The molecule has 0 saturated heterocycles. The predicted molar refractivity (Wildman–Crippen MR) is 50.6 cm³/mol. The molecule has 0 amide bonds. The van der Waals surface area contributed by atoms with Gasteiger partial charge >= 0.3 is 0 Å². The summed E-state index contributed by atoms with van der Waals surface area (Å²) in [5.41, 5.74) is 0. The van der Waals surface area contributed by atoms with Crippen LogP contribution in [0.1, 0.15) is 28.5 Å². The largest absolute Gasteiger partial charge is 0.303 e. The summed E-state index contributed by atoms with van der Waals surface area (Å²) in [4.78, 5) is 13.4. The van der Waals surface area contributed by atoms with Gasteiger partial charge in [0.2, 0.25) is 0 Å². The Morgan fingerprint density at radius 1 is 1.58 bits per heavy atom. The number of aldehydes is 1. The fraction of sp³-hybridized carbons (Fsp3) is 0.500. The first-order valence-corrected chi connectivity index (χ1v) is 5.14. The van der Waals surface area contributed by atoms with Crippen molar-refractivity contribution in [1.82, 2.24) is 0 Å². The summed E-state index contributed by atoms with van der Waals surface area (Å²) < 4.78 is 0. The van der Waals surface area contributed by atoms with Gasteiger partial charge in [0, 0.05) is 9.75 Å². The molecule has 12 heavy (non-hydrogen) atoms. The van der Waals surface area contributed by atoms with Crippen molar-refractivity contribution in [3.05, 3.63) is 21.9 Å². The van der Waals surface area contributed by atoms with Gasteiger partial charge in [-0.15, -0.1) is 11.3 Å². The van der Waals surface area contributed by atoms with Crippen LogP contribution in [0.3, 0.4) is 0 Å². The molecule has 1 fully saturated rings. The molecule has 1 aliphatic rings. The van der Waals surface area contributed by atoms with Crippen molar-refractivity contribution in [3.8, 4) is 0 Å². The van der Waals surface area contributed by atoms with Gasteiger partial charge in [0.1, 0.15) is 6.29 Å². The molecule has 2 rings (SSSR count). The first-order valence-electron chi connectivity index (χ1n) is 4.33. The number of rotatable bonds is 3. The summed E-state index contributed by atoms with van der Waals surface area (Å²) in [6, 6.07) is 4.19. The van der Waals surface area contributed by atoms with E-state index in [1.807, 2.05) is 0 Å². The van der Waals surface area contributed by atoms with Crippen LogP contribution in [0.25, 0.3) is 0 Å². The van der Waals surface area contributed by atoms with E-state index in [0.29, 0.717) is 5.92 Å². The molecule has 0 N–H and O–H groups in total. The van der Waals surface area contributed by atoms with Crippen LogP contribution in [0.5, 0.6) is 0 Å². The maximum atomic E-state index is 10.8. The van der Waals surface area contributed by atoms with Crippen LogP contribution in [-0.2, 0) is 4.79 Å². The first kappa shape index (κ1) is 7.99. The number of thiophene rings is 1. The minimum atomic E-state index is 0.198. The Morgan fingerprint density at radius 3 is 2.75 bits per heavy atom. The molecule has 1 aromatic heterocycles. The van der Waals surface area contributed by atoms with Gasteiger partial charge < -0.3 is 4.79 Å². The molecule has 1 aromatic rings. The van der Waals surface area contributed by atoms with Crippen molar-refractivity contribution in [2.24, 2.45) is 5.92 Å². The van der Waals surface area contributed by atoms with E-state index in [-0.39, 0.29) is 5.92 Å². The average molecular weight is 180 g/mol. The third kappa shape index (κ3) is 1.44. The average Bonchev–Trinajstić information content (AvgIpc) is 2.78. The molecular formula is C10H12OS. The normalized spacial score (nSPS) is 19.1. The highest BCUT2D eigenvalue weighted by molar-refractivity contribution is 7.12. The second-order valence-corrected chi connectivity index (χ2v) is 4.77. The lowest BCUT2D eigenvalue weighted by molar-refractivity contribution is -0.109. The van der Waals surface area contributed by atoms with Crippen LogP contribution in [0.2, 0.25) is 0 Å². The molecule has 0 aromatic carbocycles. The van der Waals surface area contributed by atoms with Gasteiger partial charge in [0.05, 0.1) is 5.92 Å². The molecule has 64 valence electrons. The Balaban J connectivity index is 2.20. The summed E-state index contributed by atoms with van der Waals surface area (Å²) in [6.07, 6.45) is 3.59.